The number of likely N-dealkylation sites (tertiary alicyclic amines) is 1. The van der Waals surface area contributed by atoms with E-state index >= 15 is 0 Å². The molecular weight excluding hydrogens is 695 g/mol. The Morgan fingerprint density at radius 3 is 1.98 bits per heavy atom. The summed E-state index contributed by atoms with van der Waals surface area (Å²) < 4.78 is 68.4. The van der Waals surface area contributed by atoms with E-state index in [1.807, 2.05) is 34.6 Å². The fourth-order valence-electron chi connectivity index (χ4n) is 7.14. The molecule has 14 nitrogen and oxygen atoms in total. The van der Waals surface area contributed by atoms with Crippen LogP contribution in [0.1, 0.15) is 87.5 Å². The number of nitrogens with one attached hydrogen (secondary N) is 3. The molecule has 18 heteroatoms. The van der Waals surface area contributed by atoms with Crippen molar-refractivity contribution in [2.75, 3.05) is 33.2 Å². The van der Waals surface area contributed by atoms with Crippen molar-refractivity contribution in [2.24, 2.45) is 33.8 Å². The van der Waals surface area contributed by atoms with Crippen molar-refractivity contribution in [3.05, 3.63) is 0 Å². The number of likely N-dealkylation sites (N-methyl/N-ethyl adjacent to an activating group) is 1. The van der Waals surface area contributed by atoms with Crippen molar-refractivity contribution in [2.45, 2.75) is 118 Å². The summed E-state index contributed by atoms with van der Waals surface area (Å²) in [6.07, 6.45) is -4.56. The van der Waals surface area contributed by atoms with Crippen molar-refractivity contribution >= 4 is 39.7 Å². The van der Waals surface area contributed by atoms with Crippen LogP contribution >= 0.6 is 0 Å². The predicted molar refractivity (Wildman–Crippen MR) is 183 cm³/mol. The maximum Gasteiger partial charge on any atom is 0.389 e. The van der Waals surface area contributed by atoms with Crippen molar-refractivity contribution in [1.29, 1.82) is 0 Å². The van der Waals surface area contributed by atoms with Gasteiger partial charge in [0.15, 0.2) is 0 Å². The number of carbonyl (C=O) groups excluding carboxylic acids is 5. The number of hydrogen-bond donors (Lipinski definition) is 4. The van der Waals surface area contributed by atoms with E-state index in [0.29, 0.717) is 13.1 Å². The largest absolute Gasteiger partial charge is 0.389 e. The van der Waals surface area contributed by atoms with E-state index in [0.717, 1.165) is 19.3 Å². The highest BCUT2D eigenvalue weighted by molar-refractivity contribution is 7.86. The molecular formula is C33H56F3N7O7S. The van der Waals surface area contributed by atoms with Crippen LogP contribution in [0, 0.1) is 28.1 Å². The minimum atomic E-state index is -4.67. The van der Waals surface area contributed by atoms with Crippen LogP contribution in [0.5, 0.6) is 0 Å². The molecule has 292 valence electrons. The number of amides is 5. The number of hydrogen-bond acceptors (Lipinski definition) is 7. The standard InChI is InChI=1S/C33H56F3N7O7S/c1-30(2,3)21(18-41(9)51(49,50)42-15-11-10-12-16-42)39-29(48)40-25(31(4,5)6)28(47)43-17-19-22(32(19,7)8)23(43)27(46)38-20(24(44)26(37)45)13-14-33(34,35)36/h19-23,25H,10-18H2,1-9H3,(H2,37,45)(H,38,46)(H2,39,40,48)/t19-,20?,21+,22-,23-,25+/m0/s1. The molecule has 0 aromatic carbocycles. The minimum absolute atomic E-state index is 0.0454. The smallest absolute Gasteiger partial charge is 0.363 e. The summed E-state index contributed by atoms with van der Waals surface area (Å²) in [4.78, 5) is 67.0. The van der Waals surface area contributed by atoms with Gasteiger partial charge in [-0.1, -0.05) is 61.8 Å². The Kier molecular flexibility index (Phi) is 12.6. The number of halogens is 3. The fraction of sp³-hybridized carbons (Fsp3) is 0.848. The lowest BCUT2D eigenvalue weighted by atomic mass is 9.85. The van der Waals surface area contributed by atoms with Crippen LogP contribution in [0.4, 0.5) is 18.0 Å². The number of carbonyl (C=O) groups is 5. The third kappa shape index (κ3) is 10.1. The number of piperidine rings is 2. The zero-order valence-corrected chi connectivity index (χ0v) is 32.0. The van der Waals surface area contributed by atoms with Crippen LogP contribution in [0.15, 0.2) is 0 Å². The topological polar surface area (TPSA) is 191 Å². The van der Waals surface area contributed by atoms with Gasteiger partial charge in [-0.05, 0) is 47.3 Å². The molecule has 5 amide bonds. The van der Waals surface area contributed by atoms with Crippen LogP contribution in [0.25, 0.3) is 0 Å². The van der Waals surface area contributed by atoms with Gasteiger partial charge in [0.25, 0.3) is 16.1 Å². The van der Waals surface area contributed by atoms with Gasteiger partial charge < -0.3 is 26.6 Å². The third-order valence-electron chi connectivity index (χ3n) is 10.6. The number of fused-ring (bicyclic) bond motifs is 1. The molecule has 0 spiro atoms. The number of urea groups is 1. The van der Waals surface area contributed by atoms with Crippen LogP contribution in [-0.4, -0.2) is 115 Å². The molecule has 51 heavy (non-hydrogen) atoms. The summed E-state index contributed by atoms with van der Waals surface area (Å²) in [6, 6.07) is -5.66. The molecule has 0 radical (unpaired) electrons. The number of nitrogens with zero attached hydrogens (tertiary/aromatic N) is 3. The summed E-state index contributed by atoms with van der Waals surface area (Å²) in [6.45, 7) is 15.4. The molecule has 2 aliphatic heterocycles. The molecule has 0 bridgehead atoms. The van der Waals surface area contributed by atoms with E-state index < -0.39 is 105 Å². The highest BCUT2D eigenvalue weighted by atomic mass is 32.2. The van der Waals surface area contributed by atoms with E-state index in [2.05, 4.69) is 16.0 Å². The maximum atomic E-state index is 14.3. The average Bonchev–Trinajstić information content (AvgIpc) is 3.31. The molecule has 3 rings (SSSR count). The minimum Gasteiger partial charge on any atom is -0.363 e. The van der Waals surface area contributed by atoms with Gasteiger partial charge in [0.1, 0.15) is 12.1 Å². The Morgan fingerprint density at radius 2 is 1.49 bits per heavy atom. The first-order valence-electron chi connectivity index (χ1n) is 17.4. The monoisotopic (exact) mass is 751 g/mol. The molecule has 1 aliphatic carbocycles. The first kappa shape index (κ1) is 42.4. The van der Waals surface area contributed by atoms with Gasteiger partial charge in [0, 0.05) is 45.7 Å². The number of Topliss-reactive ketones (excluding diaryl/α,β-unsaturated/α-hetero) is 1. The van der Waals surface area contributed by atoms with Gasteiger partial charge in [0.05, 0.1) is 6.04 Å². The highest BCUT2D eigenvalue weighted by Gasteiger charge is 2.70. The molecule has 2 heterocycles. The molecule has 2 saturated heterocycles. The van der Waals surface area contributed by atoms with Crippen molar-refractivity contribution in [1.82, 2.24) is 29.5 Å². The van der Waals surface area contributed by atoms with Gasteiger partial charge in [-0.3, -0.25) is 19.2 Å². The second kappa shape index (κ2) is 15.2. The SMILES string of the molecule is CN(C[C@@H](NC(=O)N[C@H](C(=O)N1C[C@H]2[C@@H]([C@H]1C(=O)NC(CCC(F)(F)F)C(=O)C(N)=O)C2(C)C)C(C)(C)C)C(C)(C)C)S(=O)(=O)N1CCCCC1. The van der Waals surface area contributed by atoms with Gasteiger partial charge in [-0.2, -0.15) is 30.2 Å². The molecule has 5 N–H and O–H groups in total. The lowest BCUT2D eigenvalue weighted by molar-refractivity contribution is -0.147. The maximum absolute atomic E-state index is 14.3. The molecule has 1 saturated carbocycles. The lowest BCUT2D eigenvalue weighted by Crippen LogP contribution is -2.63. The summed E-state index contributed by atoms with van der Waals surface area (Å²) >= 11 is 0. The lowest BCUT2D eigenvalue weighted by Gasteiger charge is -2.39. The summed E-state index contributed by atoms with van der Waals surface area (Å²) in [5, 5.41) is 7.86. The van der Waals surface area contributed by atoms with Gasteiger partial charge in [-0.25, -0.2) is 4.79 Å². The zero-order valence-electron chi connectivity index (χ0n) is 31.1. The molecule has 6 atom stereocenters. The summed E-state index contributed by atoms with van der Waals surface area (Å²) in [5.41, 5.74) is 3.15. The number of alkyl halides is 3. The summed E-state index contributed by atoms with van der Waals surface area (Å²) in [7, 11) is -2.33. The Bertz CT molecular complexity index is 1450. The van der Waals surface area contributed by atoms with Gasteiger partial charge in [-0.15, -0.1) is 0 Å². The van der Waals surface area contributed by atoms with E-state index in [9.17, 15) is 45.6 Å². The van der Waals surface area contributed by atoms with Crippen LogP contribution < -0.4 is 21.7 Å². The fourth-order valence-corrected chi connectivity index (χ4v) is 8.60. The van der Waals surface area contributed by atoms with E-state index in [1.54, 1.807) is 20.8 Å². The van der Waals surface area contributed by atoms with Gasteiger partial charge >= 0.3 is 12.2 Å². The van der Waals surface area contributed by atoms with Crippen molar-refractivity contribution in [3.63, 3.8) is 0 Å². The Labute approximate surface area is 299 Å². The Morgan fingerprint density at radius 1 is 0.922 bits per heavy atom. The summed E-state index contributed by atoms with van der Waals surface area (Å²) in [5.74, 6) is -4.95. The predicted octanol–water partition coefficient (Wildman–Crippen LogP) is 2.14. The number of primary amides is 1. The molecule has 0 aromatic heterocycles. The van der Waals surface area contributed by atoms with E-state index in [1.165, 1.54) is 20.6 Å². The molecule has 3 fully saturated rings. The molecule has 1 unspecified atom stereocenters. The van der Waals surface area contributed by atoms with Crippen LogP contribution in [0.3, 0.4) is 0 Å². The Balaban J connectivity index is 1.82. The number of ketones is 1. The van der Waals surface area contributed by atoms with Crippen LogP contribution in [0.2, 0.25) is 0 Å². The van der Waals surface area contributed by atoms with Crippen LogP contribution in [-0.2, 0) is 29.4 Å². The number of nitrogens with two attached hydrogens (primary N) is 1. The normalized spacial score (nSPS) is 24.3. The first-order valence-corrected chi connectivity index (χ1v) is 18.8. The van der Waals surface area contributed by atoms with Crippen molar-refractivity contribution in [3.8, 4) is 0 Å². The van der Waals surface area contributed by atoms with Crippen molar-refractivity contribution < 1.29 is 45.6 Å². The third-order valence-corrected chi connectivity index (χ3v) is 12.5. The van der Waals surface area contributed by atoms with E-state index in [4.69, 9.17) is 5.73 Å². The molecule has 0 aromatic rings. The molecule has 3 aliphatic rings. The first-order chi connectivity index (χ1) is 23.1. The second-order valence-electron chi connectivity index (χ2n) is 16.9. The second-order valence-corrected chi connectivity index (χ2v) is 19.0. The quantitative estimate of drug-likeness (QED) is 0.207. The zero-order chi connectivity index (χ0) is 39.1. The van der Waals surface area contributed by atoms with E-state index in [-0.39, 0.29) is 19.0 Å². The highest BCUT2D eigenvalue weighted by Crippen LogP contribution is 2.65. The Hall–Kier alpha value is -2.99. The number of rotatable bonds is 13. The van der Waals surface area contributed by atoms with Gasteiger partial charge in [0.2, 0.25) is 17.6 Å². The average molecular weight is 752 g/mol.